The summed E-state index contributed by atoms with van der Waals surface area (Å²) < 4.78 is 0. The Morgan fingerprint density at radius 3 is 1.47 bits per heavy atom. The molecular weight excluding hydrogens is 432 g/mol. The maximum absolute atomic E-state index is 2.41. The first-order valence-corrected chi connectivity index (χ1v) is 14.8. The molecule has 0 unspecified atom stereocenters. The van der Waals surface area contributed by atoms with Crippen LogP contribution < -0.4 is 0 Å². The van der Waals surface area contributed by atoms with Gasteiger partial charge in [0.15, 0.2) is 0 Å². The van der Waals surface area contributed by atoms with Gasteiger partial charge in [-0.15, -0.1) is 0 Å². The van der Waals surface area contributed by atoms with E-state index in [1.165, 1.54) is 134 Å². The van der Waals surface area contributed by atoms with E-state index in [1.54, 1.807) is 0 Å². The van der Waals surface area contributed by atoms with Crippen LogP contribution in [-0.2, 0) is 12.8 Å². The molecule has 0 heterocycles. The summed E-state index contributed by atoms with van der Waals surface area (Å²) in [5, 5.41) is 5.39. The number of unbranched alkanes of at least 4 members (excludes halogenated alkanes) is 10. The molecule has 0 bridgehead atoms. The van der Waals surface area contributed by atoms with E-state index in [0.29, 0.717) is 0 Å². The number of hydrogen-bond acceptors (Lipinski definition) is 0. The van der Waals surface area contributed by atoms with Gasteiger partial charge in [0.25, 0.3) is 0 Å². The van der Waals surface area contributed by atoms with Gasteiger partial charge >= 0.3 is 0 Å². The molecular formula is C36H46. The number of aryl methyl sites for hydroxylation is 2. The molecule has 4 aromatic carbocycles. The van der Waals surface area contributed by atoms with Crippen LogP contribution in [-0.4, -0.2) is 0 Å². The fourth-order valence-corrected chi connectivity index (χ4v) is 5.46. The number of hydrogen-bond donors (Lipinski definition) is 0. The Balaban J connectivity index is 1.38. The Labute approximate surface area is 220 Å². The van der Waals surface area contributed by atoms with E-state index in [0.717, 1.165) is 0 Å². The van der Waals surface area contributed by atoms with Gasteiger partial charge < -0.3 is 0 Å². The van der Waals surface area contributed by atoms with Gasteiger partial charge in [-0.1, -0.05) is 133 Å². The summed E-state index contributed by atoms with van der Waals surface area (Å²) in [7, 11) is 0. The van der Waals surface area contributed by atoms with Gasteiger partial charge in [-0.2, -0.15) is 0 Å². The molecule has 0 N–H and O–H groups in total. The molecule has 0 aliphatic rings. The van der Waals surface area contributed by atoms with Crippen molar-refractivity contribution in [2.75, 3.05) is 0 Å². The first kappa shape index (κ1) is 26.5. The number of rotatable bonds is 15. The zero-order valence-corrected chi connectivity index (χ0v) is 22.8. The monoisotopic (exact) mass is 478 g/mol. The highest BCUT2D eigenvalue weighted by molar-refractivity contribution is 6.00. The van der Waals surface area contributed by atoms with Crippen LogP contribution in [0.1, 0.15) is 102 Å². The van der Waals surface area contributed by atoms with Crippen molar-refractivity contribution in [2.24, 2.45) is 0 Å². The zero-order chi connectivity index (χ0) is 25.0. The predicted molar refractivity (Wildman–Crippen MR) is 161 cm³/mol. The highest BCUT2D eigenvalue weighted by atomic mass is 14.1. The molecule has 4 aromatic rings. The summed E-state index contributed by atoms with van der Waals surface area (Å²) in [5.74, 6) is 0. The molecule has 4 rings (SSSR count). The molecule has 0 aromatic heterocycles. The average Bonchev–Trinajstić information content (AvgIpc) is 2.91. The first-order chi connectivity index (χ1) is 17.8. The van der Waals surface area contributed by atoms with E-state index in [9.17, 15) is 0 Å². The molecule has 0 nitrogen and oxygen atoms in total. The zero-order valence-electron chi connectivity index (χ0n) is 22.8. The van der Waals surface area contributed by atoms with Gasteiger partial charge in [-0.05, 0) is 87.7 Å². The van der Waals surface area contributed by atoms with E-state index in [1.807, 2.05) is 0 Å². The first-order valence-electron chi connectivity index (χ1n) is 14.8. The molecule has 190 valence electrons. The van der Waals surface area contributed by atoms with E-state index in [2.05, 4.69) is 86.6 Å². The lowest BCUT2D eigenvalue weighted by molar-refractivity contribution is 0.607. The van der Waals surface area contributed by atoms with Gasteiger partial charge in [0, 0.05) is 0 Å². The van der Waals surface area contributed by atoms with Crippen LogP contribution in [0.3, 0.4) is 0 Å². The van der Waals surface area contributed by atoms with Crippen LogP contribution in [0.25, 0.3) is 32.7 Å². The van der Waals surface area contributed by atoms with E-state index >= 15 is 0 Å². The Morgan fingerprint density at radius 1 is 0.361 bits per heavy atom. The summed E-state index contributed by atoms with van der Waals surface area (Å²) in [6, 6.07) is 28.1. The molecule has 0 saturated heterocycles. The van der Waals surface area contributed by atoms with E-state index in [4.69, 9.17) is 0 Å². The maximum atomic E-state index is 2.41. The lowest BCUT2D eigenvalue weighted by Crippen LogP contribution is -1.88. The van der Waals surface area contributed by atoms with Gasteiger partial charge in [-0.3, -0.25) is 0 Å². The maximum Gasteiger partial charge on any atom is -0.0171 e. The Bertz CT molecular complexity index is 1200. The fraction of sp³-hybridized carbons (Fsp3) is 0.444. The second-order valence-corrected chi connectivity index (χ2v) is 10.8. The van der Waals surface area contributed by atoms with Crippen molar-refractivity contribution in [3.63, 3.8) is 0 Å². The quantitative estimate of drug-likeness (QED) is 0.118. The van der Waals surface area contributed by atoms with Crippen LogP contribution in [0.15, 0.2) is 72.8 Å². The van der Waals surface area contributed by atoms with E-state index < -0.39 is 0 Å². The highest BCUT2D eigenvalue weighted by Crippen LogP contribution is 2.29. The number of fused-ring (bicyclic) bond motifs is 2. The fourth-order valence-electron chi connectivity index (χ4n) is 5.46. The van der Waals surface area contributed by atoms with Gasteiger partial charge in [-0.25, -0.2) is 0 Å². The minimum atomic E-state index is 1.20. The van der Waals surface area contributed by atoms with E-state index in [-0.39, 0.29) is 0 Å². The molecule has 0 radical (unpaired) electrons. The summed E-state index contributed by atoms with van der Waals surface area (Å²) >= 11 is 0. The molecule has 0 heteroatoms. The van der Waals surface area contributed by atoms with Crippen molar-refractivity contribution in [3.8, 4) is 11.1 Å². The Hall–Kier alpha value is -2.60. The van der Waals surface area contributed by atoms with Crippen LogP contribution in [0.5, 0.6) is 0 Å². The third-order valence-corrected chi connectivity index (χ3v) is 7.79. The number of benzene rings is 4. The summed E-state index contributed by atoms with van der Waals surface area (Å²) in [4.78, 5) is 0. The molecule has 36 heavy (non-hydrogen) atoms. The van der Waals surface area contributed by atoms with Crippen LogP contribution >= 0.6 is 0 Å². The van der Waals surface area contributed by atoms with Crippen molar-refractivity contribution in [2.45, 2.75) is 104 Å². The van der Waals surface area contributed by atoms with Crippen LogP contribution in [0.2, 0.25) is 0 Å². The summed E-state index contributed by atoms with van der Waals surface area (Å²) in [6.07, 6.45) is 18.7. The normalized spacial score (nSPS) is 11.5. The Kier molecular flexibility index (Phi) is 10.5. The van der Waals surface area contributed by atoms with Gasteiger partial charge in [0.1, 0.15) is 0 Å². The lowest BCUT2D eigenvalue weighted by atomic mass is 9.96. The Morgan fingerprint density at radius 2 is 0.833 bits per heavy atom. The van der Waals surface area contributed by atoms with Crippen LogP contribution in [0, 0.1) is 0 Å². The molecule has 0 aliphatic carbocycles. The molecule has 0 atom stereocenters. The predicted octanol–water partition coefficient (Wildman–Crippen LogP) is 11.5. The second-order valence-electron chi connectivity index (χ2n) is 10.8. The summed E-state index contributed by atoms with van der Waals surface area (Å²) in [5.41, 5.74) is 5.58. The SMILES string of the molecule is CCCCCCCCc1ccc(-c2ccc3cc4cc(CCCCCCCC)ccc4cc3c2)cc1. The molecule has 0 aliphatic heterocycles. The third kappa shape index (κ3) is 7.70. The molecule has 0 fully saturated rings. The van der Waals surface area contributed by atoms with Crippen molar-refractivity contribution in [3.05, 3.63) is 83.9 Å². The second kappa shape index (κ2) is 14.2. The molecule has 0 spiro atoms. The highest BCUT2D eigenvalue weighted by Gasteiger charge is 2.04. The third-order valence-electron chi connectivity index (χ3n) is 7.79. The molecule has 0 saturated carbocycles. The smallest absolute Gasteiger partial charge is 0.0171 e. The standard InChI is InChI=1S/C36H46/c1-3-5-7-9-11-13-15-29-17-20-31(21-18-29)32-23-24-34-27-35-25-30(16-14-12-10-8-6-4-2)19-22-33(35)28-36(34)26-32/h17-28H,3-16H2,1-2H3. The van der Waals surface area contributed by atoms with Crippen molar-refractivity contribution >= 4 is 21.5 Å². The van der Waals surface area contributed by atoms with Crippen LogP contribution in [0.4, 0.5) is 0 Å². The van der Waals surface area contributed by atoms with Crippen molar-refractivity contribution in [1.82, 2.24) is 0 Å². The van der Waals surface area contributed by atoms with Crippen molar-refractivity contribution < 1.29 is 0 Å². The minimum absolute atomic E-state index is 1.20. The minimum Gasteiger partial charge on any atom is -0.0654 e. The van der Waals surface area contributed by atoms with Gasteiger partial charge in [0.2, 0.25) is 0 Å². The largest absolute Gasteiger partial charge is 0.0654 e. The molecule has 0 amide bonds. The topological polar surface area (TPSA) is 0 Å². The van der Waals surface area contributed by atoms with Crippen molar-refractivity contribution in [1.29, 1.82) is 0 Å². The average molecular weight is 479 g/mol. The lowest BCUT2D eigenvalue weighted by Gasteiger charge is -2.09. The van der Waals surface area contributed by atoms with Gasteiger partial charge in [0.05, 0.1) is 0 Å². The summed E-state index contributed by atoms with van der Waals surface area (Å²) in [6.45, 7) is 4.57.